The zero-order valence-electron chi connectivity index (χ0n) is 12.7. The van der Waals surface area contributed by atoms with Crippen molar-refractivity contribution in [2.75, 3.05) is 11.1 Å². The molecular weight excluding hydrogens is 309 g/mol. The number of rotatable bonds is 3. The number of amidine groups is 1. The first kappa shape index (κ1) is 15.7. The van der Waals surface area contributed by atoms with Gasteiger partial charge < -0.3 is 15.5 Å². The molecule has 3 N–H and O–H groups in total. The minimum Gasteiger partial charge on any atom is -0.459 e. The Balaban J connectivity index is 1.90. The summed E-state index contributed by atoms with van der Waals surface area (Å²) in [7, 11) is 5.99. The third kappa shape index (κ3) is 3.45. The highest BCUT2D eigenvalue weighted by atomic mass is 32.2. The minimum absolute atomic E-state index is 0.247. The number of benzene rings is 1. The summed E-state index contributed by atoms with van der Waals surface area (Å²) in [5.41, 5.74) is 7.53. The molecule has 2 aromatic rings. The highest BCUT2D eigenvalue weighted by Gasteiger charge is 2.30. The van der Waals surface area contributed by atoms with E-state index in [0.717, 1.165) is 17.7 Å². The summed E-state index contributed by atoms with van der Waals surface area (Å²) in [5.74, 6) is 0.824. The maximum absolute atomic E-state index is 12.1. The highest BCUT2D eigenvalue weighted by Crippen LogP contribution is 2.35. The van der Waals surface area contributed by atoms with Crippen molar-refractivity contribution in [3.05, 3.63) is 47.9 Å². The molecule has 0 spiro atoms. The van der Waals surface area contributed by atoms with Crippen LogP contribution in [0.3, 0.4) is 0 Å². The van der Waals surface area contributed by atoms with Crippen LogP contribution in [-0.2, 0) is 5.54 Å². The van der Waals surface area contributed by atoms with Gasteiger partial charge in [-0.25, -0.2) is 0 Å². The van der Waals surface area contributed by atoms with E-state index in [-0.39, 0.29) is 11.7 Å². The summed E-state index contributed by atoms with van der Waals surface area (Å²) in [5, 5.41) is 3.37. The van der Waals surface area contributed by atoms with Gasteiger partial charge in [0.15, 0.2) is 10.9 Å². The van der Waals surface area contributed by atoms with Gasteiger partial charge in [-0.3, -0.25) is 9.79 Å². The number of carbonyl (C=O) groups excluding carboxylic acids is 1. The molecule has 2 radical (unpaired) electrons. The molecule has 1 aliphatic rings. The molecule has 0 aliphatic carbocycles. The molecule has 116 valence electrons. The zero-order chi connectivity index (χ0) is 16.4. The van der Waals surface area contributed by atoms with Crippen molar-refractivity contribution in [3.8, 4) is 0 Å². The molecule has 0 bridgehead atoms. The number of furan rings is 1. The van der Waals surface area contributed by atoms with Crippen molar-refractivity contribution in [1.82, 2.24) is 0 Å². The average Bonchev–Trinajstić information content (AvgIpc) is 3.00. The van der Waals surface area contributed by atoms with E-state index >= 15 is 0 Å². The number of thioether (sulfide) groups is 1. The van der Waals surface area contributed by atoms with Gasteiger partial charge in [-0.1, -0.05) is 23.3 Å². The van der Waals surface area contributed by atoms with Crippen LogP contribution in [0.25, 0.3) is 0 Å². The highest BCUT2D eigenvalue weighted by molar-refractivity contribution is 8.13. The average molecular weight is 325 g/mol. The van der Waals surface area contributed by atoms with Gasteiger partial charge in [0.05, 0.1) is 11.8 Å². The van der Waals surface area contributed by atoms with Gasteiger partial charge >= 0.3 is 0 Å². The fraction of sp³-hybridized carbons (Fsp3) is 0.250. The van der Waals surface area contributed by atoms with Gasteiger partial charge in [-0.05, 0) is 43.2 Å². The van der Waals surface area contributed by atoms with Gasteiger partial charge in [0.1, 0.15) is 7.85 Å². The Morgan fingerprint density at radius 3 is 3.00 bits per heavy atom. The van der Waals surface area contributed by atoms with E-state index in [1.807, 2.05) is 19.1 Å². The third-order valence-electron chi connectivity index (χ3n) is 3.78. The van der Waals surface area contributed by atoms with Crippen LogP contribution < -0.4 is 16.5 Å². The second kappa shape index (κ2) is 6.16. The number of amides is 1. The number of hydrogen-bond donors (Lipinski definition) is 2. The monoisotopic (exact) mass is 325 g/mol. The minimum atomic E-state index is -0.436. The first-order chi connectivity index (χ1) is 11.0. The largest absolute Gasteiger partial charge is 0.459 e. The summed E-state index contributed by atoms with van der Waals surface area (Å²) in [4.78, 5) is 16.7. The molecule has 3 rings (SSSR count). The molecule has 23 heavy (non-hydrogen) atoms. The van der Waals surface area contributed by atoms with Crippen molar-refractivity contribution in [2.45, 2.75) is 18.9 Å². The summed E-state index contributed by atoms with van der Waals surface area (Å²) in [6, 6.07) is 8.72. The zero-order valence-corrected chi connectivity index (χ0v) is 13.5. The van der Waals surface area contributed by atoms with Crippen LogP contribution in [0.2, 0.25) is 0 Å². The van der Waals surface area contributed by atoms with Gasteiger partial charge in [0.2, 0.25) is 0 Å². The number of hydrogen-bond acceptors (Lipinski definition) is 5. The molecule has 1 unspecified atom stereocenters. The molecule has 2 heterocycles. The van der Waals surface area contributed by atoms with Crippen LogP contribution in [0.5, 0.6) is 0 Å². The molecule has 1 aliphatic heterocycles. The first-order valence-corrected chi connectivity index (χ1v) is 8.19. The van der Waals surface area contributed by atoms with Gasteiger partial charge in [0.25, 0.3) is 5.91 Å². The molecule has 5 nitrogen and oxygen atoms in total. The maximum atomic E-state index is 12.1. The van der Waals surface area contributed by atoms with Crippen molar-refractivity contribution in [2.24, 2.45) is 10.7 Å². The standard InChI is InChI=1S/C16H16BN3O2S/c1-16(4-6-23-15(18)20-16)10-7-11(17)9-12(8-10)19-14(21)13-3-2-5-22-13/h2-3,5,7-9H,4,6H2,1H3,(H2,18,20)(H,19,21). The van der Waals surface area contributed by atoms with E-state index < -0.39 is 5.54 Å². The van der Waals surface area contributed by atoms with Crippen molar-refractivity contribution in [1.29, 1.82) is 0 Å². The second-order valence-electron chi connectivity index (χ2n) is 5.60. The van der Waals surface area contributed by atoms with Gasteiger partial charge in [-0.2, -0.15) is 0 Å². The summed E-state index contributed by atoms with van der Waals surface area (Å²) in [6.07, 6.45) is 2.31. The number of aliphatic imine (C=N–C) groups is 1. The lowest BCUT2D eigenvalue weighted by Gasteiger charge is -2.30. The Morgan fingerprint density at radius 1 is 1.48 bits per heavy atom. The maximum Gasteiger partial charge on any atom is 0.291 e. The van der Waals surface area contributed by atoms with Crippen LogP contribution >= 0.6 is 11.8 Å². The van der Waals surface area contributed by atoms with E-state index in [0.29, 0.717) is 16.3 Å². The quantitative estimate of drug-likeness (QED) is 0.846. The fourth-order valence-corrected chi connectivity index (χ4v) is 3.50. The third-order valence-corrected chi connectivity index (χ3v) is 4.57. The van der Waals surface area contributed by atoms with Crippen LogP contribution in [0.4, 0.5) is 5.69 Å². The number of nitrogens with zero attached hydrogens (tertiary/aromatic N) is 1. The molecular formula is C16H16BN3O2S. The lowest BCUT2D eigenvalue weighted by molar-refractivity contribution is 0.0996. The molecule has 0 saturated heterocycles. The van der Waals surface area contributed by atoms with Crippen molar-refractivity contribution < 1.29 is 9.21 Å². The predicted octanol–water partition coefficient (Wildman–Crippen LogP) is 1.99. The fourth-order valence-electron chi connectivity index (χ4n) is 2.53. The number of anilines is 1. The lowest BCUT2D eigenvalue weighted by atomic mass is 9.84. The van der Waals surface area contributed by atoms with E-state index in [1.165, 1.54) is 6.26 Å². The van der Waals surface area contributed by atoms with Crippen LogP contribution in [0.15, 0.2) is 46.0 Å². The van der Waals surface area contributed by atoms with Crippen LogP contribution in [0.1, 0.15) is 29.5 Å². The van der Waals surface area contributed by atoms with Gasteiger partial charge in [0, 0.05) is 11.4 Å². The Hall–Kier alpha value is -2.15. The number of carbonyl (C=O) groups is 1. The molecule has 1 amide bonds. The summed E-state index contributed by atoms with van der Waals surface area (Å²) in [6.45, 7) is 2.02. The Labute approximate surface area is 140 Å². The lowest BCUT2D eigenvalue weighted by Crippen LogP contribution is -2.30. The SMILES string of the molecule is [B]c1cc(NC(=O)c2ccco2)cc(C2(C)CCSC(N)=N2)c1. The Kier molecular flexibility index (Phi) is 4.21. The molecule has 1 aromatic heterocycles. The Bertz CT molecular complexity index is 761. The predicted molar refractivity (Wildman–Crippen MR) is 94.5 cm³/mol. The molecule has 1 aromatic carbocycles. The van der Waals surface area contributed by atoms with Gasteiger partial charge in [-0.15, -0.1) is 0 Å². The number of nitrogens with one attached hydrogen (secondary N) is 1. The van der Waals surface area contributed by atoms with E-state index in [2.05, 4.69) is 10.3 Å². The number of nitrogens with two attached hydrogens (primary N) is 1. The van der Waals surface area contributed by atoms with Crippen LogP contribution in [0, 0.1) is 0 Å². The van der Waals surface area contributed by atoms with Crippen LogP contribution in [-0.4, -0.2) is 24.7 Å². The normalized spacial score (nSPS) is 20.8. The van der Waals surface area contributed by atoms with E-state index in [4.69, 9.17) is 18.0 Å². The molecule has 0 fully saturated rings. The van der Waals surface area contributed by atoms with Crippen molar-refractivity contribution >= 4 is 41.8 Å². The topological polar surface area (TPSA) is 80.6 Å². The van der Waals surface area contributed by atoms with E-state index in [1.54, 1.807) is 30.0 Å². The second-order valence-corrected chi connectivity index (χ2v) is 6.71. The van der Waals surface area contributed by atoms with E-state index in [9.17, 15) is 4.79 Å². The Morgan fingerprint density at radius 2 is 2.30 bits per heavy atom. The summed E-state index contributed by atoms with van der Waals surface area (Å²) >= 11 is 1.55. The molecule has 0 saturated carbocycles. The first-order valence-electron chi connectivity index (χ1n) is 7.20. The molecule has 7 heteroatoms. The summed E-state index contributed by atoms with van der Waals surface area (Å²) < 4.78 is 5.09. The van der Waals surface area contributed by atoms with Crippen molar-refractivity contribution in [3.63, 3.8) is 0 Å². The molecule has 1 atom stereocenters. The smallest absolute Gasteiger partial charge is 0.291 e.